The van der Waals surface area contributed by atoms with E-state index in [-0.39, 0.29) is 4.90 Å². The Balaban J connectivity index is 1.68. The van der Waals surface area contributed by atoms with Gasteiger partial charge in [-0.15, -0.1) is 0 Å². The highest BCUT2D eigenvalue weighted by molar-refractivity contribution is 7.90. The Hall–Kier alpha value is -2.32. The molecule has 1 fully saturated rings. The monoisotopic (exact) mass is 423 g/mol. The van der Waals surface area contributed by atoms with Gasteiger partial charge in [0.25, 0.3) is 5.69 Å². The molecule has 0 amide bonds. The van der Waals surface area contributed by atoms with Crippen molar-refractivity contribution in [3.8, 4) is 0 Å². The van der Waals surface area contributed by atoms with Crippen molar-refractivity contribution in [1.82, 2.24) is 0 Å². The lowest BCUT2D eigenvalue weighted by molar-refractivity contribution is -0.387. The van der Waals surface area contributed by atoms with E-state index < -0.39 is 20.4 Å². The average Bonchev–Trinajstić information content (AvgIpc) is 3.09. The summed E-state index contributed by atoms with van der Waals surface area (Å²) in [4.78, 5) is 12.4. The maximum absolute atomic E-state index is 11.9. The summed E-state index contributed by atoms with van der Waals surface area (Å²) in [5.41, 5.74) is 2.45. The number of nitro groups is 1. The minimum Gasteiger partial charge on any atom is -0.385 e. The van der Waals surface area contributed by atoms with Crippen molar-refractivity contribution in [3.05, 3.63) is 57.1 Å². The van der Waals surface area contributed by atoms with Gasteiger partial charge in [-0.1, -0.05) is 17.7 Å². The van der Waals surface area contributed by atoms with Gasteiger partial charge in [0, 0.05) is 48.4 Å². The molecule has 1 N–H and O–H groups in total. The summed E-state index contributed by atoms with van der Waals surface area (Å²) in [6.45, 7) is 4.49. The Labute approximate surface area is 169 Å². The van der Waals surface area contributed by atoms with Gasteiger partial charge in [-0.3, -0.25) is 10.1 Å². The number of sulfone groups is 1. The van der Waals surface area contributed by atoms with Gasteiger partial charge in [0.05, 0.1) is 4.92 Å². The van der Waals surface area contributed by atoms with Crippen molar-refractivity contribution < 1.29 is 13.3 Å². The molecule has 3 rings (SSSR count). The highest BCUT2D eigenvalue weighted by Gasteiger charge is 2.25. The quantitative estimate of drug-likeness (QED) is 0.559. The van der Waals surface area contributed by atoms with Crippen LogP contribution in [-0.4, -0.2) is 39.2 Å². The van der Waals surface area contributed by atoms with E-state index in [1.54, 1.807) is 6.07 Å². The molecule has 9 heteroatoms. The van der Waals surface area contributed by atoms with E-state index in [1.807, 2.05) is 18.2 Å². The Bertz CT molecular complexity index is 1010. The first-order valence-electron chi connectivity index (χ1n) is 8.88. The fraction of sp³-hybridized carbons (Fsp3) is 0.368. The first-order valence-corrected chi connectivity index (χ1v) is 11.2. The number of halogens is 1. The van der Waals surface area contributed by atoms with Gasteiger partial charge in [0.2, 0.25) is 0 Å². The van der Waals surface area contributed by atoms with Crippen LogP contribution in [0.1, 0.15) is 12.0 Å². The van der Waals surface area contributed by atoms with Crippen LogP contribution < -0.4 is 10.2 Å². The van der Waals surface area contributed by atoms with Crippen molar-refractivity contribution in [2.45, 2.75) is 18.2 Å². The summed E-state index contributed by atoms with van der Waals surface area (Å²) in [6.07, 6.45) is 1.96. The van der Waals surface area contributed by atoms with Gasteiger partial charge in [-0.25, -0.2) is 8.42 Å². The second kappa shape index (κ2) is 7.97. The predicted octanol–water partition coefficient (Wildman–Crippen LogP) is 3.90. The molecule has 1 heterocycles. The number of rotatable bonds is 6. The van der Waals surface area contributed by atoms with E-state index in [0.29, 0.717) is 23.2 Å². The van der Waals surface area contributed by atoms with E-state index in [4.69, 9.17) is 11.6 Å². The third kappa shape index (κ3) is 4.56. The highest BCUT2D eigenvalue weighted by atomic mass is 35.5. The zero-order valence-electron chi connectivity index (χ0n) is 15.7. The molecule has 0 saturated carbocycles. The van der Waals surface area contributed by atoms with Crippen molar-refractivity contribution in [3.63, 3.8) is 0 Å². The highest BCUT2D eigenvalue weighted by Crippen LogP contribution is 2.30. The summed E-state index contributed by atoms with van der Waals surface area (Å²) >= 11 is 6.12. The number of nitrogens with one attached hydrogen (secondary N) is 1. The molecule has 1 aliphatic rings. The molecule has 0 radical (unpaired) electrons. The second-order valence-electron chi connectivity index (χ2n) is 7.12. The lowest BCUT2D eigenvalue weighted by atomic mass is 10.1. The SMILES string of the molecule is Cc1ccc(Cl)cc1N1CCC(CNc2ccc([N+](=O)[O-])c(S(C)(=O)=O)c2)C1. The van der Waals surface area contributed by atoms with Crippen molar-refractivity contribution in [2.24, 2.45) is 5.92 Å². The lowest BCUT2D eigenvalue weighted by Gasteiger charge is -2.21. The maximum Gasteiger partial charge on any atom is 0.288 e. The molecular weight excluding hydrogens is 402 g/mol. The van der Waals surface area contributed by atoms with Gasteiger partial charge >= 0.3 is 0 Å². The van der Waals surface area contributed by atoms with Crippen molar-refractivity contribution in [1.29, 1.82) is 0 Å². The molecule has 1 unspecified atom stereocenters. The van der Waals surface area contributed by atoms with E-state index in [1.165, 1.54) is 17.7 Å². The molecule has 7 nitrogen and oxygen atoms in total. The summed E-state index contributed by atoms with van der Waals surface area (Å²) in [7, 11) is -3.69. The van der Waals surface area contributed by atoms with E-state index in [9.17, 15) is 18.5 Å². The topological polar surface area (TPSA) is 92.5 Å². The first kappa shape index (κ1) is 20.4. The van der Waals surface area contributed by atoms with Gasteiger partial charge in [-0.05, 0) is 49.1 Å². The van der Waals surface area contributed by atoms with Crippen LogP contribution in [0.4, 0.5) is 17.1 Å². The Morgan fingerprint density at radius 3 is 2.71 bits per heavy atom. The number of benzene rings is 2. The van der Waals surface area contributed by atoms with Crippen LogP contribution in [0.3, 0.4) is 0 Å². The van der Waals surface area contributed by atoms with Crippen LogP contribution in [0, 0.1) is 23.0 Å². The van der Waals surface area contributed by atoms with Gasteiger partial charge in [0.15, 0.2) is 9.84 Å². The second-order valence-corrected chi connectivity index (χ2v) is 9.54. The van der Waals surface area contributed by atoms with Crippen LogP contribution in [0.2, 0.25) is 5.02 Å². The molecule has 0 bridgehead atoms. The first-order chi connectivity index (χ1) is 13.1. The summed E-state index contributed by atoms with van der Waals surface area (Å²) in [5.74, 6) is 0.371. The molecule has 2 aromatic carbocycles. The Morgan fingerprint density at radius 2 is 2.04 bits per heavy atom. The molecule has 28 heavy (non-hydrogen) atoms. The minimum atomic E-state index is -3.69. The standard InChI is InChI=1S/C19H22ClN3O4S/c1-13-3-4-15(20)9-18(13)22-8-7-14(12-22)11-21-16-5-6-17(23(24)25)19(10-16)28(2,26)27/h3-6,9-10,14,21H,7-8,11-12H2,1-2H3. The molecule has 1 saturated heterocycles. The summed E-state index contributed by atoms with van der Waals surface area (Å²) in [6, 6.07) is 9.97. The maximum atomic E-state index is 11.9. The van der Waals surface area contributed by atoms with Crippen molar-refractivity contribution >= 4 is 38.5 Å². The van der Waals surface area contributed by atoms with E-state index in [2.05, 4.69) is 17.1 Å². The van der Waals surface area contributed by atoms with Gasteiger partial charge in [-0.2, -0.15) is 0 Å². The minimum absolute atomic E-state index is 0.273. The van der Waals surface area contributed by atoms with Crippen LogP contribution in [-0.2, 0) is 9.84 Å². The molecule has 1 aliphatic heterocycles. The van der Waals surface area contributed by atoms with Crippen LogP contribution >= 0.6 is 11.6 Å². The Kier molecular flexibility index (Phi) is 5.81. The average molecular weight is 424 g/mol. The third-order valence-corrected chi connectivity index (χ3v) is 6.31. The summed E-state index contributed by atoms with van der Waals surface area (Å²) in [5, 5.41) is 15.0. The fourth-order valence-electron chi connectivity index (χ4n) is 3.48. The molecule has 150 valence electrons. The molecule has 0 aliphatic carbocycles. The normalized spacial score (nSPS) is 17.0. The lowest BCUT2D eigenvalue weighted by Crippen LogP contribution is -2.23. The molecule has 2 aromatic rings. The molecule has 0 spiro atoms. The van der Waals surface area contributed by atoms with E-state index in [0.717, 1.165) is 31.5 Å². The smallest absolute Gasteiger partial charge is 0.288 e. The van der Waals surface area contributed by atoms with Crippen LogP contribution in [0.5, 0.6) is 0 Å². The van der Waals surface area contributed by atoms with E-state index >= 15 is 0 Å². The van der Waals surface area contributed by atoms with Gasteiger partial charge in [0.1, 0.15) is 4.90 Å². The number of anilines is 2. The number of hydrogen-bond donors (Lipinski definition) is 1. The number of hydrogen-bond acceptors (Lipinski definition) is 6. The molecule has 0 aromatic heterocycles. The molecule has 1 atom stereocenters. The fourth-order valence-corrected chi connectivity index (χ4v) is 4.51. The van der Waals surface area contributed by atoms with Gasteiger partial charge < -0.3 is 10.2 Å². The zero-order chi connectivity index (χ0) is 20.5. The predicted molar refractivity (Wildman–Crippen MR) is 111 cm³/mol. The number of aryl methyl sites for hydroxylation is 1. The third-order valence-electron chi connectivity index (χ3n) is 4.95. The van der Waals surface area contributed by atoms with Crippen LogP contribution in [0.15, 0.2) is 41.3 Å². The number of nitro benzene ring substituents is 1. The largest absolute Gasteiger partial charge is 0.385 e. The Morgan fingerprint density at radius 1 is 1.29 bits per heavy atom. The number of nitrogens with zero attached hydrogens (tertiary/aromatic N) is 2. The van der Waals surface area contributed by atoms with Crippen molar-refractivity contribution in [2.75, 3.05) is 36.1 Å². The zero-order valence-corrected chi connectivity index (χ0v) is 17.3. The molecular formula is C19H22ClN3O4S. The summed E-state index contributed by atoms with van der Waals surface area (Å²) < 4.78 is 23.8. The van der Waals surface area contributed by atoms with Crippen LogP contribution in [0.25, 0.3) is 0 Å².